The number of hydrogen-bond acceptors (Lipinski definition) is 4. The summed E-state index contributed by atoms with van der Waals surface area (Å²) in [6.07, 6.45) is 3.63. The third-order valence-electron chi connectivity index (χ3n) is 1.86. The molecule has 0 bridgehead atoms. The molecule has 0 spiro atoms. The summed E-state index contributed by atoms with van der Waals surface area (Å²) in [5.41, 5.74) is 0.883. The molecular weight excluding hydrogens is 214 g/mol. The smallest absolute Gasteiger partial charge is 0.153 e. The number of hydrogen-bond donors (Lipinski definition) is 1. The number of aryl methyl sites for hydroxylation is 1. The molecule has 2 rings (SSSR count). The molecule has 0 unspecified atom stereocenters. The van der Waals surface area contributed by atoms with Gasteiger partial charge in [-0.15, -0.1) is 10.2 Å². The van der Waals surface area contributed by atoms with Crippen molar-refractivity contribution in [3.63, 3.8) is 0 Å². The van der Waals surface area contributed by atoms with Crippen LogP contribution in [0.2, 0.25) is 5.15 Å². The average Bonchev–Trinajstić information content (AvgIpc) is 2.69. The third-order valence-corrected chi connectivity index (χ3v) is 2.06. The fraction of sp³-hybridized carbons (Fsp3) is 0.222. The van der Waals surface area contributed by atoms with Crippen molar-refractivity contribution in [1.82, 2.24) is 20.0 Å². The van der Waals surface area contributed by atoms with Crippen molar-refractivity contribution in [2.24, 2.45) is 0 Å². The highest BCUT2D eigenvalue weighted by Crippen LogP contribution is 2.13. The van der Waals surface area contributed by atoms with Crippen molar-refractivity contribution in [2.45, 2.75) is 13.5 Å². The second kappa shape index (κ2) is 4.27. The van der Waals surface area contributed by atoms with Gasteiger partial charge in [-0.3, -0.25) is 4.68 Å². The van der Waals surface area contributed by atoms with Gasteiger partial charge >= 0.3 is 0 Å². The number of nitrogens with zero attached hydrogens (tertiary/aromatic N) is 4. The molecule has 0 saturated carbocycles. The Morgan fingerprint density at radius 1 is 1.40 bits per heavy atom. The van der Waals surface area contributed by atoms with Gasteiger partial charge in [0.15, 0.2) is 11.0 Å². The van der Waals surface area contributed by atoms with Gasteiger partial charge < -0.3 is 5.32 Å². The molecule has 15 heavy (non-hydrogen) atoms. The van der Waals surface area contributed by atoms with Crippen molar-refractivity contribution in [2.75, 3.05) is 5.32 Å². The van der Waals surface area contributed by atoms with Crippen LogP contribution in [0, 0.1) is 0 Å². The lowest BCUT2D eigenvalue weighted by atomic mass is 10.5. The van der Waals surface area contributed by atoms with E-state index in [1.807, 2.05) is 17.8 Å². The van der Waals surface area contributed by atoms with E-state index < -0.39 is 0 Å². The van der Waals surface area contributed by atoms with E-state index in [0.29, 0.717) is 11.0 Å². The minimum atomic E-state index is 0.379. The topological polar surface area (TPSA) is 55.6 Å². The van der Waals surface area contributed by atoms with Gasteiger partial charge in [0, 0.05) is 12.7 Å². The van der Waals surface area contributed by atoms with Crippen LogP contribution in [-0.2, 0) is 6.54 Å². The van der Waals surface area contributed by atoms with E-state index in [9.17, 15) is 0 Å². The van der Waals surface area contributed by atoms with E-state index in [1.54, 1.807) is 18.3 Å². The predicted molar refractivity (Wildman–Crippen MR) is 58.2 cm³/mol. The highest BCUT2D eigenvalue weighted by molar-refractivity contribution is 6.29. The van der Waals surface area contributed by atoms with Crippen LogP contribution in [0.5, 0.6) is 0 Å². The number of aromatic nitrogens is 4. The zero-order valence-electron chi connectivity index (χ0n) is 8.18. The Kier molecular flexibility index (Phi) is 2.82. The summed E-state index contributed by atoms with van der Waals surface area (Å²) in [5.74, 6) is 0.648. The fourth-order valence-corrected chi connectivity index (χ4v) is 1.23. The Morgan fingerprint density at radius 3 is 2.87 bits per heavy atom. The quantitative estimate of drug-likeness (QED) is 0.866. The molecule has 0 aliphatic rings. The van der Waals surface area contributed by atoms with Crippen LogP contribution >= 0.6 is 11.6 Å². The van der Waals surface area contributed by atoms with E-state index in [2.05, 4.69) is 20.6 Å². The maximum absolute atomic E-state index is 5.62. The monoisotopic (exact) mass is 223 g/mol. The second-order valence-electron chi connectivity index (χ2n) is 2.95. The van der Waals surface area contributed by atoms with Crippen LogP contribution in [0.1, 0.15) is 6.92 Å². The summed E-state index contributed by atoms with van der Waals surface area (Å²) in [4.78, 5) is 0. The summed E-state index contributed by atoms with van der Waals surface area (Å²) in [6, 6.07) is 3.44. The molecule has 0 aliphatic heterocycles. The van der Waals surface area contributed by atoms with E-state index in [0.717, 1.165) is 12.2 Å². The Balaban J connectivity index is 2.11. The Hall–Kier alpha value is -1.62. The molecule has 1 N–H and O–H groups in total. The minimum absolute atomic E-state index is 0.379. The Bertz CT molecular complexity index is 436. The van der Waals surface area contributed by atoms with E-state index in [4.69, 9.17) is 11.6 Å². The maximum Gasteiger partial charge on any atom is 0.153 e. The molecular formula is C9H10ClN5. The summed E-state index contributed by atoms with van der Waals surface area (Å²) in [6.45, 7) is 2.87. The van der Waals surface area contributed by atoms with E-state index in [1.165, 1.54) is 0 Å². The van der Waals surface area contributed by atoms with Crippen molar-refractivity contribution >= 4 is 23.1 Å². The van der Waals surface area contributed by atoms with Gasteiger partial charge in [0.1, 0.15) is 0 Å². The standard InChI is InChI=1S/C9H10ClN5/c1-2-15-6-7(5-11-15)12-9-4-3-8(10)13-14-9/h3-6H,2H2,1H3,(H,12,14). The van der Waals surface area contributed by atoms with Gasteiger partial charge in [0.2, 0.25) is 0 Å². The Labute approximate surface area is 92.1 Å². The molecule has 78 valence electrons. The third kappa shape index (κ3) is 2.44. The molecule has 0 aromatic carbocycles. The summed E-state index contributed by atoms with van der Waals surface area (Å²) in [7, 11) is 0. The molecule has 2 heterocycles. The van der Waals surface area contributed by atoms with E-state index in [-0.39, 0.29) is 0 Å². The first kappa shape index (κ1) is 9.92. The summed E-state index contributed by atoms with van der Waals surface area (Å²) < 4.78 is 1.83. The molecule has 0 fully saturated rings. The fourth-order valence-electron chi connectivity index (χ4n) is 1.13. The molecule has 0 saturated heterocycles. The lowest BCUT2D eigenvalue weighted by Crippen LogP contribution is -1.95. The van der Waals surface area contributed by atoms with Crippen LogP contribution in [0.3, 0.4) is 0 Å². The summed E-state index contributed by atoms with van der Waals surface area (Å²) in [5, 5.41) is 15.2. The molecule has 2 aromatic heterocycles. The van der Waals surface area contributed by atoms with Gasteiger partial charge in [-0.1, -0.05) is 11.6 Å². The van der Waals surface area contributed by atoms with Gasteiger partial charge in [-0.05, 0) is 19.1 Å². The van der Waals surface area contributed by atoms with Crippen molar-refractivity contribution in [3.8, 4) is 0 Å². The molecule has 0 aliphatic carbocycles. The van der Waals surface area contributed by atoms with Gasteiger partial charge in [0.05, 0.1) is 11.9 Å². The molecule has 0 amide bonds. The molecule has 6 heteroatoms. The van der Waals surface area contributed by atoms with Gasteiger partial charge in [-0.2, -0.15) is 5.10 Å². The summed E-state index contributed by atoms with van der Waals surface area (Å²) >= 11 is 5.62. The largest absolute Gasteiger partial charge is 0.336 e. The zero-order valence-corrected chi connectivity index (χ0v) is 8.94. The lowest BCUT2D eigenvalue weighted by Gasteiger charge is -2.00. The normalized spacial score (nSPS) is 10.3. The van der Waals surface area contributed by atoms with Crippen LogP contribution in [0.15, 0.2) is 24.5 Å². The van der Waals surface area contributed by atoms with Crippen molar-refractivity contribution in [1.29, 1.82) is 0 Å². The molecule has 0 radical (unpaired) electrons. The van der Waals surface area contributed by atoms with Crippen LogP contribution in [0.25, 0.3) is 0 Å². The first-order valence-electron chi connectivity index (χ1n) is 4.56. The highest BCUT2D eigenvalue weighted by atomic mass is 35.5. The lowest BCUT2D eigenvalue weighted by molar-refractivity contribution is 0.660. The second-order valence-corrected chi connectivity index (χ2v) is 3.34. The predicted octanol–water partition coefficient (Wildman–Crippen LogP) is 2.09. The van der Waals surface area contributed by atoms with Crippen molar-refractivity contribution < 1.29 is 0 Å². The van der Waals surface area contributed by atoms with Gasteiger partial charge in [0.25, 0.3) is 0 Å². The first-order valence-corrected chi connectivity index (χ1v) is 4.94. The Morgan fingerprint density at radius 2 is 2.27 bits per heavy atom. The molecule has 5 nitrogen and oxygen atoms in total. The SMILES string of the molecule is CCn1cc(Nc2ccc(Cl)nn2)cn1. The molecule has 0 atom stereocenters. The first-order chi connectivity index (χ1) is 7.28. The van der Waals surface area contributed by atoms with Crippen molar-refractivity contribution in [3.05, 3.63) is 29.7 Å². The molecule has 2 aromatic rings. The maximum atomic E-state index is 5.62. The number of nitrogens with one attached hydrogen (secondary N) is 1. The highest BCUT2D eigenvalue weighted by Gasteiger charge is 1.99. The average molecular weight is 224 g/mol. The zero-order chi connectivity index (χ0) is 10.7. The van der Waals surface area contributed by atoms with E-state index >= 15 is 0 Å². The number of rotatable bonds is 3. The van der Waals surface area contributed by atoms with Crippen LogP contribution in [0.4, 0.5) is 11.5 Å². The van der Waals surface area contributed by atoms with Crippen LogP contribution < -0.4 is 5.32 Å². The minimum Gasteiger partial charge on any atom is -0.336 e. The van der Waals surface area contributed by atoms with Crippen LogP contribution in [-0.4, -0.2) is 20.0 Å². The number of halogens is 1. The number of anilines is 2. The van der Waals surface area contributed by atoms with Gasteiger partial charge in [-0.25, -0.2) is 0 Å².